The Kier molecular flexibility index (Phi) is 7.76. The molecule has 0 spiro atoms. The predicted molar refractivity (Wildman–Crippen MR) is 145 cm³/mol. The molecular weight excluding hydrogens is 486 g/mol. The number of nitrogens with zero attached hydrogens (tertiary/aromatic N) is 3. The Morgan fingerprint density at radius 2 is 1.45 bits per heavy atom. The van der Waals surface area contributed by atoms with Gasteiger partial charge in [0.2, 0.25) is 5.75 Å². The highest BCUT2D eigenvalue weighted by Crippen LogP contribution is 2.39. The molecule has 0 saturated heterocycles. The molecule has 1 aromatic heterocycles. The van der Waals surface area contributed by atoms with E-state index in [1.54, 1.807) is 35.7 Å². The first-order valence-electron chi connectivity index (χ1n) is 11.9. The maximum Gasteiger partial charge on any atom is 0.295 e. The van der Waals surface area contributed by atoms with Crippen LogP contribution in [0.15, 0.2) is 71.5 Å². The Morgan fingerprint density at radius 1 is 0.842 bits per heavy atom. The first kappa shape index (κ1) is 26.4. The summed E-state index contributed by atoms with van der Waals surface area (Å²) in [5, 5.41) is 0. The zero-order valence-corrected chi connectivity index (χ0v) is 22.3. The van der Waals surface area contributed by atoms with E-state index in [9.17, 15) is 9.59 Å². The summed E-state index contributed by atoms with van der Waals surface area (Å²) in [7, 11) is 7.86. The zero-order valence-electron chi connectivity index (χ0n) is 22.3. The Morgan fingerprint density at radius 3 is 1.97 bits per heavy atom. The minimum atomic E-state index is -0.397. The SMILES string of the molecule is COc1ccc(CN(C(=O)c2cc(OC)c(OC)c(OC)c2)c2c(C)n(C)n(-c3ccccc3)c2=O)cc1. The highest BCUT2D eigenvalue weighted by Gasteiger charge is 2.29. The van der Waals surface area contributed by atoms with Gasteiger partial charge in [-0.3, -0.25) is 19.2 Å². The van der Waals surface area contributed by atoms with Gasteiger partial charge in [0.05, 0.1) is 46.4 Å². The number of amides is 1. The smallest absolute Gasteiger partial charge is 0.295 e. The number of para-hydroxylation sites is 1. The lowest BCUT2D eigenvalue weighted by Gasteiger charge is -2.23. The number of hydrogen-bond acceptors (Lipinski definition) is 6. The summed E-state index contributed by atoms with van der Waals surface area (Å²) in [6.45, 7) is 1.97. The molecule has 0 radical (unpaired) electrons. The maximum atomic E-state index is 14.2. The molecule has 0 bridgehead atoms. The van der Waals surface area contributed by atoms with Gasteiger partial charge in [-0.15, -0.1) is 0 Å². The van der Waals surface area contributed by atoms with Crippen molar-refractivity contribution in [2.75, 3.05) is 33.3 Å². The number of methoxy groups -OCH3 is 4. The molecule has 0 fully saturated rings. The van der Waals surface area contributed by atoms with Gasteiger partial charge in [-0.05, 0) is 48.9 Å². The lowest BCUT2D eigenvalue weighted by atomic mass is 10.1. The molecule has 0 aliphatic rings. The van der Waals surface area contributed by atoms with Gasteiger partial charge in [0.1, 0.15) is 11.4 Å². The zero-order chi connectivity index (χ0) is 27.4. The minimum absolute atomic E-state index is 0.147. The molecular formula is C29H31N3O6. The fourth-order valence-electron chi connectivity index (χ4n) is 4.39. The van der Waals surface area contributed by atoms with Crippen LogP contribution < -0.4 is 29.4 Å². The summed E-state index contributed by atoms with van der Waals surface area (Å²) in [5.74, 6) is 1.34. The monoisotopic (exact) mass is 517 g/mol. The van der Waals surface area contributed by atoms with E-state index in [0.717, 1.165) is 5.56 Å². The molecule has 4 rings (SSSR count). The summed E-state index contributed by atoms with van der Waals surface area (Å²) < 4.78 is 24.9. The van der Waals surface area contributed by atoms with Gasteiger partial charge in [-0.1, -0.05) is 30.3 Å². The van der Waals surface area contributed by atoms with Gasteiger partial charge in [0, 0.05) is 12.6 Å². The molecule has 0 N–H and O–H groups in total. The van der Waals surface area contributed by atoms with Crippen LogP contribution in [-0.2, 0) is 13.6 Å². The van der Waals surface area contributed by atoms with Gasteiger partial charge in [-0.25, -0.2) is 4.68 Å². The minimum Gasteiger partial charge on any atom is -0.497 e. The molecule has 0 aliphatic heterocycles. The highest BCUT2D eigenvalue weighted by molar-refractivity contribution is 6.07. The first-order chi connectivity index (χ1) is 18.3. The second kappa shape index (κ2) is 11.2. The van der Waals surface area contributed by atoms with Crippen LogP contribution in [0.4, 0.5) is 5.69 Å². The number of ether oxygens (including phenoxy) is 4. The van der Waals surface area contributed by atoms with Crippen molar-refractivity contribution in [2.24, 2.45) is 7.05 Å². The number of benzene rings is 3. The van der Waals surface area contributed by atoms with Crippen molar-refractivity contribution < 1.29 is 23.7 Å². The second-order valence-corrected chi connectivity index (χ2v) is 8.56. The number of hydrogen-bond donors (Lipinski definition) is 0. The van der Waals surface area contributed by atoms with E-state index < -0.39 is 5.91 Å². The number of carbonyl (C=O) groups is 1. The summed E-state index contributed by atoms with van der Waals surface area (Å²) in [6, 6.07) is 19.8. The van der Waals surface area contributed by atoms with E-state index in [4.69, 9.17) is 18.9 Å². The Bertz CT molecular complexity index is 1460. The molecule has 1 heterocycles. The maximum absolute atomic E-state index is 14.2. The van der Waals surface area contributed by atoms with Crippen LogP contribution in [-0.4, -0.2) is 43.7 Å². The molecule has 0 aliphatic carbocycles. The fraction of sp³-hybridized carbons (Fsp3) is 0.241. The molecule has 9 nitrogen and oxygen atoms in total. The molecule has 0 saturated carbocycles. The Labute approximate surface area is 221 Å². The quantitative estimate of drug-likeness (QED) is 0.328. The van der Waals surface area contributed by atoms with E-state index in [-0.39, 0.29) is 23.4 Å². The molecule has 38 heavy (non-hydrogen) atoms. The van der Waals surface area contributed by atoms with E-state index >= 15 is 0 Å². The molecule has 9 heteroatoms. The normalized spacial score (nSPS) is 10.7. The molecule has 4 aromatic rings. The van der Waals surface area contributed by atoms with Gasteiger partial charge < -0.3 is 18.9 Å². The third-order valence-electron chi connectivity index (χ3n) is 6.45. The Balaban J connectivity index is 1.90. The number of carbonyl (C=O) groups excluding carboxylic acids is 1. The second-order valence-electron chi connectivity index (χ2n) is 8.56. The van der Waals surface area contributed by atoms with Crippen molar-refractivity contribution in [1.82, 2.24) is 9.36 Å². The first-order valence-corrected chi connectivity index (χ1v) is 11.9. The van der Waals surface area contributed by atoms with Crippen LogP contribution >= 0.6 is 0 Å². The highest BCUT2D eigenvalue weighted by atomic mass is 16.5. The number of anilines is 1. The van der Waals surface area contributed by atoms with E-state index in [1.807, 2.05) is 61.5 Å². The largest absolute Gasteiger partial charge is 0.497 e. The lowest BCUT2D eigenvalue weighted by Crippen LogP contribution is -2.35. The predicted octanol–water partition coefficient (Wildman–Crippen LogP) is 4.37. The average molecular weight is 518 g/mol. The van der Waals surface area contributed by atoms with Crippen molar-refractivity contribution in [1.29, 1.82) is 0 Å². The van der Waals surface area contributed by atoms with Crippen molar-refractivity contribution in [3.05, 3.63) is 93.9 Å². The summed E-state index contributed by atoms with van der Waals surface area (Å²) in [6.07, 6.45) is 0. The van der Waals surface area contributed by atoms with Crippen LogP contribution in [0.1, 0.15) is 21.6 Å². The molecule has 0 unspecified atom stereocenters. The van der Waals surface area contributed by atoms with E-state index in [1.165, 1.54) is 26.2 Å². The molecule has 0 atom stereocenters. The standard InChI is InChI=1S/C29H31N3O6/c1-19-26(29(34)32(30(19)2)22-10-8-7-9-11-22)31(18-20-12-14-23(35-3)15-13-20)28(33)21-16-24(36-4)27(38-6)25(17-21)37-5/h7-17H,18H2,1-6H3. The van der Waals surface area contributed by atoms with Gasteiger partial charge in [0.25, 0.3) is 11.5 Å². The molecule has 198 valence electrons. The topological polar surface area (TPSA) is 84.2 Å². The Hall–Kier alpha value is -4.66. The number of rotatable bonds is 9. The van der Waals surface area contributed by atoms with Crippen LogP contribution in [0, 0.1) is 6.92 Å². The van der Waals surface area contributed by atoms with Gasteiger partial charge in [0.15, 0.2) is 11.5 Å². The number of aromatic nitrogens is 2. The third kappa shape index (κ3) is 4.82. The van der Waals surface area contributed by atoms with Gasteiger partial charge in [-0.2, -0.15) is 0 Å². The van der Waals surface area contributed by atoms with Crippen LogP contribution in [0.25, 0.3) is 5.69 Å². The van der Waals surface area contributed by atoms with Crippen molar-refractivity contribution >= 4 is 11.6 Å². The van der Waals surface area contributed by atoms with E-state index in [0.29, 0.717) is 34.4 Å². The average Bonchev–Trinajstić information content (AvgIpc) is 3.18. The van der Waals surface area contributed by atoms with Crippen LogP contribution in [0.2, 0.25) is 0 Å². The summed E-state index contributed by atoms with van der Waals surface area (Å²) >= 11 is 0. The molecule has 3 aromatic carbocycles. The van der Waals surface area contributed by atoms with Crippen molar-refractivity contribution in [3.63, 3.8) is 0 Å². The summed E-state index contributed by atoms with van der Waals surface area (Å²) in [5.41, 5.74) is 2.38. The van der Waals surface area contributed by atoms with Crippen molar-refractivity contribution in [3.8, 4) is 28.7 Å². The third-order valence-corrected chi connectivity index (χ3v) is 6.45. The van der Waals surface area contributed by atoms with Crippen LogP contribution in [0.5, 0.6) is 23.0 Å². The van der Waals surface area contributed by atoms with E-state index in [2.05, 4.69) is 0 Å². The fourth-order valence-corrected chi connectivity index (χ4v) is 4.39. The summed E-state index contributed by atoms with van der Waals surface area (Å²) in [4.78, 5) is 29.5. The van der Waals surface area contributed by atoms with Crippen LogP contribution in [0.3, 0.4) is 0 Å². The lowest BCUT2D eigenvalue weighted by molar-refractivity contribution is 0.0984. The molecule has 1 amide bonds. The van der Waals surface area contributed by atoms with Gasteiger partial charge >= 0.3 is 0 Å². The van der Waals surface area contributed by atoms with Crippen molar-refractivity contribution in [2.45, 2.75) is 13.5 Å².